The number of nitrogens with zero attached hydrogens (tertiary/aromatic N) is 2. The van der Waals surface area contributed by atoms with Crippen molar-refractivity contribution < 1.29 is 9.59 Å². The summed E-state index contributed by atoms with van der Waals surface area (Å²) in [5.41, 5.74) is 2.53. The van der Waals surface area contributed by atoms with Gasteiger partial charge in [-0.3, -0.25) is 14.5 Å². The Balaban J connectivity index is 1.70. The largest absolute Gasteiger partial charge is 0.344 e. The van der Waals surface area contributed by atoms with Crippen LogP contribution in [-0.2, 0) is 9.59 Å². The molecule has 0 radical (unpaired) electrons. The highest BCUT2D eigenvalue weighted by molar-refractivity contribution is 7.98. The third-order valence-corrected chi connectivity index (χ3v) is 6.43. The van der Waals surface area contributed by atoms with Gasteiger partial charge in [-0.1, -0.05) is 67.6 Å². The van der Waals surface area contributed by atoms with Crippen LogP contribution >= 0.6 is 11.8 Å². The fourth-order valence-corrected chi connectivity index (χ4v) is 4.57. The second-order valence-corrected chi connectivity index (χ2v) is 8.83. The summed E-state index contributed by atoms with van der Waals surface area (Å²) in [5, 5.41) is 2.93. The van der Waals surface area contributed by atoms with Gasteiger partial charge in [-0.15, -0.1) is 0 Å². The summed E-state index contributed by atoms with van der Waals surface area (Å²) in [6, 6.07) is 20.9. The van der Waals surface area contributed by atoms with E-state index in [0.717, 1.165) is 18.8 Å². The lowest BCUT2D eigenvalue weighted by Gasteiger charge is -2.40. The molecule has 3 rings (SSSR count). The van der Waals surface area contributed by atoms with Crippen molar-refractivity contribution in [3.63, 3.8) is 0 Å². The minimum Gasteiger partial charge on any atom is -0.344 e. The molecule has 31 heavy (non-hydrogen) atoms. The molecule has 1 fully saturated rings. The number of piperazine rings is 1. The molecule has 1 atom stereocenters. The fraction of sp³-hybridized carbons (Fsp3) is 0.440. The van der Waals surface area contributed by atoms with Crippen LogP contribution in [0.4, 0.5) is 0 Å². The van der Waals surface area contributed by atoms with E-state index in [1.807, 2.05) is 30.2 Å². The standard InChI is InChI=1S/C25H33N3O2S/c1-3-23(29)26-22(14-19-31-2)25(30)28-17-15-27(16-18-28)24(20-10-6-4-7-11-20)21-12-8-5-9-13-21/h4-13,22,24H,3,14-19H2,1-2H3,(H,26,29). The predicted octanol–water partition coefficient (Wildman–Crippen LogP) is 3.57. The van der Waals surface area contributed by atoms with Gasteiger partial charge in [0, 0.05) is 32.6 Å². The van der Waals surface area contributed by atoms with Crippen LogP contribution in [0, 0.1) is 0 Å². The van der Waals surface area contributed by atoms with E-state index in [1.165, 1.54) is 11.1 Å². The summed E-state index contributed by atoms with van der Waals surface area (Å²) in [6.45, 7) is 4.77. The number of carbonyl (C=O) groups excluding carboxylic acids is 2. The zero-order chi connectivity index (χ0) is 22.1. The first-order chi connectivity index (χ1) is 15.1. The summed E-state index contributed by atoms with van der Waals surface area (Å²) in [4.78, 5) is 29.5. The molecule has 6 heteroatoms. The van der Waals surface area contributed by atoms with E-state index in [9.17, 15) is 9.59 Å². The monoisotopic (exact) mass is 439 g/mol. The van der Waals surface area contributed by atoms with Crippen LogP contribution in [0.25, 0.3) is 0 Å². The van der Waals surface area contributed by atoms with Gasteiger partial charge in [-0.2, -0.15) is 11.8 Å². The van der Waals surface area contributed by atoms with Crippen molar-refractivity contribution in [2.24, 2.45) is 0 Å². The number of carbonyl (C=O) groups is 2. The van der Waals surface area contributed by atoms with Crippen LogP contribution in [0.2, 0.25) is 0 Å². The molecule has 1 unspecified atom stereocenters. The number of thioether (sulfide) groups is 1. The van der Waals surface area contributed by atoms with Crippen molar-refractivity contribution in [2.75, 3.05) is 38.2 Å². The zero-order valence-electron chi connectivity index (χ0n) is 18.5. The van der Waals surface area contributed by atoms with Gasteiger partial charge >= 0.3 is 0 Å². The molecular formula is C25H33N3O2S. The Bertz CT molecular complexity index is 784. The van der Waals surface area contributed by atoms with E-state index in [-0.39, 0.29) is 17.9 Å². The maximum Gasteiger partial charge on any atom is 0.245 e. The fourth-order valence-electron chi connectivity index (χ4n) is 4.10. The van der Waals surface area contributed by atoms with Gasteiger partial charge in [0.25, 0.3) is 0 Å². The lowest BCUT2D eigenvalue weighted by molar-refractivity contribution is -0.138. The molecule has 1 saturated heterocycles. The van der Waals surface area contributed by atoms with Crippen LogP contribution < -0.4 is 5.32 Å². The topological polar surface area (TPSA) is 52.7 Å². The summed E-state index contributed by atoms with van der Waals surface area (Å²) in [5.74, 6) is 0.836. The number of amides is 2. The van der Waals surface area contributed by atoms with Gasteiger partial charge in [0.05, 0.1) is 6.04 Å². The molecule has 1 aliphatic heterocycles. The molecule has 166 valence electrons. The van der Waals surface area contributed by atoms with Crippen molar-refractivity contribution >= 4 is 23.6 Å². The number of nitrogens with one attached hydrogen (secondary N) is 1. The molecule has 0 bridgehead atoms. The second kappa shape index (κ2) is 11.9. The summed E-state index contributed by atoms with van der Waals surface area (Å²) in [7, 11) is 0. The Morgan fingerprint density at radius 2 is 1.48 bits per heavy atom. The lowest BCUT2D eigenvalue weighted by Crippen LogP contribution is -2.55. The van der Waals surface area contributed by atoms with Crippen molar-refractivity contribution in [1.82, 2.24) is 15.1 Å². The molecule has 0 aromatic heterocycles. The molecule has 0 saturated carbocycles. The summed E-state index contributed by atoms with van der Waals surface area (Å²) >= 11 is 1.70. The Labute approximate surface area is 190 Å². The van der Waals surface area contributed by atoms with Gasteiger partial charge in [-0.25, -0.2) is 0 Å². The van der Waals surface area contributed by atoms with Crippen molar-refractivity contribution in [3.05, 3.63) is 71.8 Å². The highest BCUT2D eigenvalue weighted by Gasteiger charge is 2.31. The van der Waals surface area contributed by atoms with Crippen molar-refractivity contribution in [3.8, 4) is 0 Å². The first kappa shape index (κ1) is 23.4. The third kappa shape index (κ3) is 6.34. The van der Waals surface area contributed by atoms with E-state index in [0.29, 0.717) is 25.9 Å². The highest BCUT2D eigenvalue weighted by atomic mass is 32.2. The quantitative estimate of drug-likeness (QED) is 0.649. The first-order valence-corrected chi connectivity index (χ1v) is 12.4. The molecule has 0 spiro atoms. The summed E-state index contributed by atoms with van der Waals surface area (Å²) < 4.78 is 0. The Morgan fingerprint density at radius 3 is 1.97 bits per heavy atom. The smallest absolute Gasteiger partial charge is 0.245 e. The van der Waals surface area contributed by atoms with Crippen LogP contribution in [-0.4, -0.2) is 65.8 Å². The third-order valence-electron chi connectivity index (χ3n) is 5.79. The highest BCUT2D eigenvalue weighted by Crippen LogP contribution is 2.29. The van der Waals surface area contributed by atoms with Crippen LogP contribution in [0.1, 0.15) is 36.9 Å². The number of hydrogen-bond acceptors (Lipinski definition) is 4. The van der Waals surface area contributed by atoms with Crippen molar-refractivity contribution in [2.45, 2.75) is 31.8 Å². The average Bonchev–Trinajstić information content (AvgIpc) is 2.83. The SMILES string of the molecule is CCC(=O)NC(CCSC)C(=O)N1CCN(C(c2ccccc2)c2ccccc2)CC1. The Morgan fingerprint density at radius 1 is 0.935 bits per heavy atom. The number of hydrogen-bond donors (Lipinski definition) is 1. The minimum atomic E-state index is -0.425. The molecule has 1 heterocycles. The van der Waals surface area contributed by atoms with E-state index in [2.05, 4.69) is 58.7 Å². The lowest BCUT2D eigenvalue weighted by atomic mass is 9.96. The van der Waals surface area contributed by atoms with Gasteiger partial charge in [0.2, 0.25) is 11.8 Å². The summed E-state index contributed by atoms with van der Waals surface area (Å²) in [6.07, 6.45) is 3.09. The van der Waals surface area contributed by atoms with E-state index >= 15 is 0 Å². The van der Waals surface area contributed by atoms with E-state index in [1.54, 1.807) is 11.8 Å². The second-order valence-electron chi connectivity index (χ2n) is 7.84. The molecule has 2 amide bonds. The first-order valence-electron chi connectivity index (χ1n) is 11.0. The minimum absolute atomic E-state index is 0.0477. The molecule has 5 nitrogen and oxygen atoms in total. The van der Waals surface area contributed by atoms with Crippen LogP contribution in [0.5, 0.6) is 0 Å². The Kier molecular flexibility index (Phi) is 8.98. The molecule has 1 aliphatic rings. The molecular weight excluding hydrogens is 406 g/mol. The maximum absolute atomic E-state index is 13.2. The van der Waals surface area contributed by atoms with Crippen LogP contribution in [0.3, 0.4) is 0 Å². The van der Waals surface area contributed by atoms with E-state index in [4.69, 9.17) is 0 Å². The van der Waals surface area contributed by atoms with Gasteiger partial charge in [0.1, 0.15) is 6.04 Å². The predicted molar refractivity (Wildman–Crippen MR) is 128 cm³/mol. The number of rotatable bonds is 9. The van der Waals surface area contributed by atoms with Gasteiger partial charge < -0.3 is 10.2 Å². The average molecular weight is 440 g/mol. The Hall–Kier alpha value is -2.31. The molecule has 2 aromatic rings. The van der Waals surface area contributed by atoms with Crippen molar-refractivity contribution in [1.29, 1.82) is 0 Å². The molecule has 1 N–H and O–H groups in total. The zero-order valence-corrected chi connectivity index (χ0v) is 19.3. The van der Waals surface area contributed by atoms with Gasteiger partial charge in [-0.05, 0) is 29.6 Å². The maximum atomic E-state index is 13.2. The van der Waals surface area contributed by atoms with Crippen LogP contribution in [0.15, 0.2) is 60.7 Å². The normalized spacial score (nSPS) is 15.6. The van der Waals surface area contributed by atoms with E-state index < -0.39 is 6.04 Å². The molecule has 2 aromatic carbocycles. The molecule has 0 aliphatic carbocycles. The van der Waals surface area contributed by atoms with Gasteiger partial charge in [0.15, 0.2) is 0 Å². The number of benzene rings is 2.